The number of carboxylic acids is 1. The largest absolute Gasteiger partial charge is 0.478 e. The maximum atomic E-state index is 10.6. The predicted molar refractivity (Wildman–Crippen MR) is 50.5 cm³/mol. The van der Waals surface area contributed by atoms with Crippen LogP contribution in [-0.2, 0) is 0 Å². The molecule has 0 atom stereocenters. The molecule has 1 aromatic rings. The SMILES string of the molecule is O=C(O)c1ccccc1OSBr. The van der Waals surface area contributed by atoms with E-state index in [1.165, 1.54) is 6.07 Å². The molecule has 0 unspecified atom stereocenters. The zero-order valence-electron chi connectivity index (χ0n) is 5.86. The van der Waals surface area contributed by atoms with Crippen LogP contribution in [0.25, 0.3) is 0 Å². The van der Waals surface area contributed by atoms with E-state index in [1.54, 1.807) is 18.2 Å². The lowest BCUT2D eigenvalue weighted by atomic mass is 10.2. The van der Waals surface area contributed by atoms with Gasteiger partial charge in [0.1, 0.15) is 16.0 Å². The van der Waals surface area contributed by atoms with E-state index in [1.807, 2.05) is 0 Å². The molecule has 64 valence electrons. The lowest BCUT2D eigenvalue weighted by molar-refractivity contribution is 0.0695. The van der Waals surface area contributed by atoms with Crippen molar-refractivity contribution < 1.29 is 14.1 Å². The summed E-state index contributed by atoms with van der Waals surface area (Å²) in [5.41, 5.74) is 0.157. The fourth-order valence-corrected chi connectivity index (χ4v) is 1.39. The lowest BCUT2D eigenvalue weighted by Crippen LogP contribution is -1.97. The Morgan fingerprint density at radius 3 is 2.75 bits per heavy atom. The van der Waals surface area contributed by atoms with Crippen LogP contribution in [0.5, 0.6) is 5.75 Å². The summed E-state index contributed by atoms with van der Waals surface area (Å²) in [4.78, 5) is 10.6. The first-order valence-corrected chi connectivity index (χ1v) is 5.61. The van der Waals surface area contributed by atoms with Crippen LogP contribution < -0.4 is 4.18 Å². The predicted octanol–water partition coefficient (Wildman–Crippen LogP) is 2.72. The molecule has 1 N–H and O–H groups in total. The van der Waals surface area contributed by atoms with Crippen molar-refractivity contribution in [2.75, 3.05) is 0 Å². The molecule has 0 aromatic heterocycles. The van der Waals surface area contributed by atoms with E-state index >= 15 is 0 Å². The number of halogens is 1. The first-order chi connectivity index (χ1) is 5.75. The van der Waals surface area contributed by atoms with Crippen LogP contribution in [0.15, 0.2) is 24.3 Å². The molecule has 1 rings (SSSR count). The van der Waals surface area contributed by atoms with Crippen LogP contribution >= 0.6 is 25.3 Å². The highest BCUT2D eigenvalue weighted by molar-refractivity contribution is 9.49. The molecule has 12 heavy (non-hydrogen) atoms. The van der Waals surface area contributed by atoms with Gasteiger partial charge in [-0.25, -0.2) is 4.79 Å². The van der Waals surface area contributed by atoms with E-state index in [0.29, 0.717) is 5.75 Å². The summed E-state index contributed by atoms with van der Waals surface area (Å²) in [5, 5.41) is 8.69. The van der Waals surface area contributed by atoms with Crippen molar-refractivity contribution in [3.05, 3.63) is 29.8 Å². The van der Waals surface area contributed by atoms with Gasteiger partial charge in [0.25, 0.3) is 0 Å². The monoisotopic (exact) mass is 248 g/mol. The topological polar surface area (TPSA) is 46.5 Å². The molecular weight excluding hydrogens is 244 g/mol. The van der Waals surface area contributed by atoms with Crippen molar-refractivity contribution in [3.8, 4) is 5.75 Å². The minimum absolute atomic E-state index is 0.157. The molecule has 0 radical (unpaired) electrons. The van der Waals surface area contributed by atoms with Gasteiger partial charge in [-0.05, 0) is 12.1 Å². The summed E-state index contributed by atoms with van der Waals surface area (Å²) in [6.45, 7) is 0. The Kier molecular flexibility index (Phi) is 3.43. The van der Waals surface area contributed by atoms with Crippen molar-refractivity contribution in [2.45, 2.75) is 0 Å². The number of rotatable bonds is 3. The Balaban J connectivity index is 3.00. The van der Waals surface area contributed by atoms with Gasteiger partial charge in [0.15, 0.2) is 5.75 Å². The summed E-state index contributed by atoms with van der Waals surface area (Å²) in [7, 11) is 0.935. The molecule has 0 bridgehead atoms. The highest BCUT2D eigenvalue weighted by Gasteiger charge is 2.09. The van der Waals surface area contributed by atoms with E-state index in [4.69, 9.17) is 9.29 Å². The molecule has 1 aromatic carbocycles. The molecule has 0 spiro atoms. The maximum absolute atomic E-state index is 10.6. The van der Waals surface area contributed by atoms with Crippen LogP contribution in [0.2, 0.25) is 0 Å². The van der Waals surface area contributed by atoms with Crippen molar-refractivity contribution in [1.82, 2.24) is 0 Å². The van der Waals surface area contributed by atoms with Crippen LogP contribution in [0.1, 0.15) is 10.4 Å². The molecule has 0 amide bonds. The third kappa shape index (κ3) is 2.15. The normalized spacial score (nSPS) is 9.42. The van der Waals surface area contributed by atoms with E-state index in [9.17, 15) is 4.79 Å². The minimum atomic E-state index is -0.993. The summed E-state index contributed by atoms with van der Waals surface area (Å²) < 4.78 is 4.95. The van der Waals surface area contributed by atoms with Gasteiger partial charge in [-0.2, -0.15) is 0 Å². The molecule has 0 aliphatic carbocycles. The number of carboxylic acid groups (broad SMARTS) is 1. The second-order valence-electron chi connectivity index (χ2n) is 1.95. The summed E-state index contributed by atoms with van der Waals surface area (Å²) in [6.07, 6.45) is 0. The fraction of sp³-hybridized carbons (Fsp3) is 0. The smallest absolute Gasteiger partial charge is 0.339 e. The first kappa shape index (κ1) is 9.41. The Morgan fingerprint density at radius 1 is 1.50 bits per heavy atom. The molecule has 0 heterocycles. The maximum Gasteiger partial charge on any atom is 0.339 e. The van der Waals surface area contributed by atoms with Gasteiger partial charge in [0.2, 0.25) is 0 Å². The van der Waals surface area contributed by atoms with Gasteiger partial charge in [-0.3, -0.25) is 0 Å². The number of hydrogen-bond donors (Lipinski definition) is 1. The molecule has 0 fully saturated rings. The van der Waals surface area contributed by atoms with Crippen LogP contribution in [0.3, 0.4) is 0 Å². The Morgan fingerprint density at radius 2 is 2.17 bits per heavy atom. The van der Waals surface area contributed by atoms with Crippen LogP contribution in [0.4, 0.5) is 0 Å². The Labute approximate surface area is 81.1 Å². The standard InChI is InChI=1S/C7H5BrO3S/c8-12-11-6-4-2-1-3-5(6)7(9)10/h1-4H,(H,9,10). The molecule has 0 aliphatic rings. The minimum Gasteiger partial charge on any atom is -0.478 e. The van der Waals surface area contributed by atoms with Gasteiger partial charge in [0, 0.05) is 14.8 Å². The highest BCUT2D eigenvalue weighted by Crippen LogP contribution is 2.24. The second kappa shape index (κ2) is 4.37. The molecule has 0 saturated heterocycles. The van der Waals surface area contributed by atoms with E-state index < -0.39 is 5.97 Å². The zero-order valence-corrected chi connectivity index (χ0v) is 8.26. The van der Waals surface area contributed by atoms with Gasteiger partial charge < -0.3 is 9.29 Å². The third-order valence-corrected chi connectivity index (χ3v) is 1.88. The van der Waals surface area contributed by atoms with Crippen molar-refractivity contribution in [3.63, 3.8) is 0 Å². The third-order valence-electron chi connectivity index (χ3n) is 1.24. The Bertz CT molecular complexity index is 290. The van der Waals surface area contributed by atoms with Gasteiger partial charge >= 0.3 is 5.97 Å². The lowest BCUT2D eigenvalue weighted by Gasteiger charge is -2.02. The average molecular weight is 249 g/mol. The quantitative estimate of drug-likeness (QED) is 0.836. The Hall–Kier alpha value is -0.680. The van der Waals surface area contributed by atoms with Crippen LogP contribution in [0, 0.1) is 0 Å². The molecule has 0 saturated carbocycles. The number of benzene rings is 1. The zero-order chi connectivity index (χ0) is 8.97. The van der Waals surface area contributed by atoms with Crippen LogP contribution in [-0.4, -0.2) is 11.1 Å². The molecular formula is C7H5BrO3S. The van der Waals surface area contributed by atoms with Gasteiger partial charge in [-0.15, -0.1) is 0 Å². The fourth-order valence-electron chi connectivity index (χ4n) is 0.750. The van der Waals surface area contributed by atoms with E-state index in [-0.39, 0.29) is 5.56 Å². The summed E-state index contributed by atoms with van der Waals surface area (Å²) in [6, 6.07) is 6.44. The summed E-state index contributed by atoms with van der Waals surface area (Å²) in [5.74, 6) is -0.654. The molecule has 0 aliphatic heterocycles. The molecule has 5 heteroatoms. The number of carbonyl (C=O) groups is 1. The van der Waals surface area contributed by atoms with Gasteiger partial charge in [-0.1, -0.05) is 12.1 Å². The number of aromatic carboxylic acids is 1. The number of hydrogen-bond acceptors (Lipinski definition) is 3. The van der Waals surface area contributed by atoms with Crippen molar-refractivity contribution in [2.24, 2.45) is 0 Å². The van der Waals surface area contributed by atoms with Gasteiger partial charge in [0.05, 0.1) is 0 Å². The summed E-state index contributed by atoms with van der Waals surface area (Å²) >= 11 is 2.97. The highest BCUT2D eigenvalue weighted by atomic mass is 79.9. The second-order valence-corrected chi connectivity index (χ2v) is 3.03. The average Bonchev–Trinajstić information content (AvgIpc) is 2.05. The number of para-hydroxylation sites is 1. The molecule has 3 nitrogen and oxygen atoms in total. The first-order valence-electron chi connectivity index (χ1n) is 3.03. The van der Waals surface area contributed by atoms with E-state index in [0.717, 1.165) is 10.5 Å². The van der Waals surface area contributed by atoms with E-state index in [2.05, 4.69) is 14.8 Å². The van der Waals surface area contributed by atoms with Crippen molar-refractivity contribution in [1.29, 1.82) is 0 Å². The van der Waals surface area contributed by atoms with Crippen molar-refractivity contribution >= 4 is 31.3 Å².